The average Bonchev–Trinajstić information content (AvgIpc) is 3.25. The number of carbonyl (C=O) groups excluding carboxylic acids is 1. The summed E-state index contributed by atoms with van der Waals surface area (Å²) >= 11 is 1.43. The molecule has 156 valence electrons. The minimum Gasteiger partial charge on any atom is -0.395 e. The Kier molecular flexibility index (Phi) is 7.34. The maximum absolute atomic E-state index is 13.0. The molecule has 0 saturated carbocycles. The second-order valence-electron chi connectivity index (χ2n) is 6.93. The monoisotopic (exact) mass is 438 g/mol. The third-order valence-corrected chi connectivity index (χ3v) is 5.29. The lowest BCUT2D eigenvalue weighted by atomic mass is 10.1. The van der Waals surface area contributed by atoms with Crippen molar-refractivity contribution in [2.75, 3.05) is 32.1 Å². The van der Waals surface area contributed by atoms with Crippen LogP contribution in [0.15, 0.2) is 28.7 Å². The third kappa shape index (κ3) is 5.11. The number of halogens is 1. The van der Waals surface area contributed by atoms with Crippen LogP contribution in [0, 0.1) is 24.0 Å². The summed E-state index contributed by atoms with van der Waals surface area (Å²) < 4.78 is 6.13. The van der Waals surface area contributed by atoms with E-state index in [-0.39, 0.29) is 18.2 Å². The molecule has 0 atom stereocenters. The van der Waals surface area contributed by atoms with Crippen molar-refractivity contribution >= 4 is 50.9 Å². The number of nitrogens with zero attached hydrogens (tertiary/aromatic N) is 4. The van der Waals surface area contributed by atoms with Gasteiger partial charge in [0.1, 0.15) is 4.92 Å². The highest BCUT2D eigenvalue weighted by Crippen LogP contribution is 2.33. The zero-order valence-electron chi connectivity index (χ0n) is 16.7. The van der Waals surface area contributed by atoms with E-state index in [2.05, 4.69) is 11.1 Å². The van der Waals surface area contributed by atoms with E-state index < -0.39 is 16.7 Å². The van der Waals surface area contributed by atoms with Crippen LogP contribution >= 0.6 is 23.7 Å². The Morgan fingerprint density at radius 2 is 1.97 bits per heavy atom. The Morgan fingerprint density at radius 3 is 2.59 bits per heavy atom. The van der Waals surface area contributed by atoms with E-state index in [0.717, 1.165) is 34.3 Å². The third-order valence-electron chi connectivity index (χ3n) is 4.26. The molecule has 0 N–H and O–H groups in total. The number of fused-ring (bicyclic) bond motifs is 1. The molecule has 1 amide bonds. The zero-order valence-corrected chi connectivity index (χ0v) is 18.3. The molecule has 0 bridgehead atoms. The van der Waals surface area contributed by atoms with E-state index in [0.29, 0.717) is 11.7 Å². The van der Waals surface area contributed by atoms with Gasteiger partial charge in [-0.3, -0.25) is 19.8 Å². The van der Waals surface area contributed by atoms with Crippen LogP contribution in [0.1, 0.15) is 28.1 Å². The number of hydrogen-bond acceptors (Lipinski definition) is 7. The van der Waals surface area contributed by atoms with Crippen LogP contribution in [-0.2, 0) is 0 Å². The highest BCUT2D eigenvalue weighted by Gasteiger charge is 2.26. The zero-order chi connectivity index (χ0) is 20.4. The minimum absolute atomic E-state index is 0. The van der Waals surface area contributed by atoms with Crippen molar-refractivity contribution in [2.24, 2.45) is 0 Å². The predicted octanol–water partition coefficient (Wildman–Crippen LogP) is 4.43. The Bertz CT molecular complexity index is 1030. The van der Waals surface area contributed by atoms with Gasteiger partial charge in [-0.05, 0) is 64.2 Å². The molecule has 10 heteroatoms. The van der Waals surface area contributed by atoms with E-state index in [1.165, 1.54) is 23.5 Å². The molecule has 3 aromatic rings. The van der Waals surface area contributed by atoms with Gasteiger partial charge in [0.25, 0.3) is 5.91 Å². The smallest absolute Gasteiger partial charge is 0.395 e. The fourth-order valence-electron chi connectivity index (χ4n) is 2.98. The lowest BCUT2D eigenvalue weighted by Crippen LogP contribution is -2.33. The second-order valence-corrected chi connectivity index (χ2v) is 7.94. The van der Waals surface area contributed by atoms with Crippen molar-refractivity contribution in [1.82, 2.24) is 9.88 Å². The lowest BCUT2D eigenvalue weighted by Gasteiger charge is -2.19. The molecule has 8 nitrogen and oxygen atoms in total. The molecule has 0 aliphatic heterocycles. The van der Waals surface area contributed by atoms with Crippen LogP contribution in [0.25, 0.3) is 10.2 Å². The molecular formula is C19H23ClN4O4S. The van der Waals surface area contributed by atoms with Crippen LogP contribution in [-0.4, -0.2) is 47.9 Å². The van der Waals surface area contributed by atoms with Crippen molar-refractivity contribution in [1.29, 1.82) is 0 Å². The quantitative estimate of drug-likeness (QED) is 0.400. The van der Waals surface area contributed by atoms with Gasteiger partial charge in [0, 0.05) is 6.54 Å². The summed E-state index contributed by atoms with van der Waals surface area (Å²) in [6.45, 7) is 5.25. The van der Waals surface area contributed by atoms with Gasteiger partial charge >= 0.3 is 5.88 Å². The predicted molar refractivity (Wildman–Crippen MR) is 117 cm³/mol. The number of hydrogen-bond donors (Lipinski definition) is 0. The number of aromatic nitrogens is 1. The van der Waals surface area contributed by atoms with Crippen molar-refractivity contribution in [3.8, 4) is 0 Å². The van der Waals surface area contributed by atoms with E-state index in [1.807, 2.05) is 38.9 Å². The number of nitro groups is 1. The average molecular weight is 439 g/mol. The van der Waals surface area contributed by atoms with Gasteiger partial charge in [0.15, 0.2) is 10.9 Å². The van der Waals surface area contributed by atoms with Crippen molar-refractivity contribution in [3.05, 3.63) is 51.3 Å². The molecule has 0 aliphatic rings. The number of amides is 1. The van der Waals surface area contributed by atoms with Crippen LogP contribution in [0.4, 0.5) is 11.0 Å². The molecule has 29 heavy (non-hydrogen) atoms. The standard InChI is InChI=1S/C19H22N4O4S.ClH/c1-12-10-13(2)17-15(11-12)28-19(20-17)22(9-5-8-21(3)4)18(24)14-6-7-16(27-14)23(25)26;/h6-7,10-11H,5,8-9H2,1-4H3;1H. The molecule has 0 saturated heterocycles. The van der Waals surface area contributed by atoms with Gasteiger partial charge in [0.2, 0.25) is 0 Å². The van der Waals surface area contributed by atoms with Gasteiger partial charge in [-0.25, -0.2) is 4.98 Å². The Hall–Kier alpha value is -2.49. The molecule has 0 aliphatic carbocycles. The van der Waals surface area contributed by atoms with E-state index in [9.17, 15) is 14.9 Å². The molecule has 1 aromatic carbocycles. The van der Waals surface area contributed by atoms with Gasteiger partial charge in [-0.2, -0.15) is 0 Å². The first-order chi connectivity index (χ1) is 13.3. The van der Waals surface area contributed by atoms with Gasteiger partial charge < -0.3 is 9.32 Å². The first kappa shape index (κ1) is 22.8. The van der Waals surface area contributed by atoms with Crippen molar-refractivity contribution in [3.63, 3.8) is 0 Å². The largest absolute Gasteiger partial charge is 0.433 e. The Balaban J connectivity index is 0.00000300. The number of furan rings is 1. The Labute approximate surface area is 178 Å². The molecule has 0 unspecified atom stereocenters. The van der Waals surface area contributed by atoms with Crippen molar-refractivity contribution < 1.29 is 14.1 Å². The summed E-state index contributed by atoms with van der Waals surface area (Å²) in [6, 6.07) is 6.63. The summed E-state index contributed by atoms with van der Waals surface area (Å²) in [5.74, 6) is -0.948. The van der Waals surface area contributed by atoms with Crippen molar-refractivity contribution in [2.45, 2.75) is 20.3 Å². The van der Waals surface area contributed by atoms with Gasteiger partial charge in [-0.15, -0.1) is 12.4 Å². The number of aryl methyl sites for hydroxylation is 2. The maximum atomic E-state index is 13.0. The SMILES string of the molecule is Cc1cc(C)c2nc(N(CCCN(C)C)C(=O)c3ccc([N+](=O)[O-])o3)sc2c1.Cl. The summed E-state index contributed by atoms with van der Waals surface area (Å²) in [5, 5.41) is 11.4. The number of thiazole rings is 1. The summed E-state index contributed by atoms with van der Waals surface area (Å²) in [7, 11) is 3.93. The fourth-order valence-corrected chi connectivity index (χ4v) is 4.14. The topological polar surface area (TPSA) is 92.7 Å². The number of carbonyl (C=O) groups is 1. The minimum atomic E-state index is -0.656. The molecule has 0 fully saturated rings. The van der Waals surface area contributed by atoms with E-state index >= 15 is 0 Å². The lowest BCUT2D eigenvalue weighted by molar-refractivity contribution is -0.402. The van der Waals surface area contributed by atoms with Crippen LogP contribution < -0.4 is 4.90 Å². The summed E-state index contributed by atoms with van der Waals surface area (Å²) in [5.41, 5.74) is 3.04. The van der Waals surface area contributed by atoms with Gasteiger partial charge in [-0.1, -0.05) is 17.4 Å². The first-order valence-electron chi connectivity index (χ1n) is 8.85. The summed E-state index contributed by atoms with van der Waals surface area (Å²) in [4.78, 5) is 31.5. The number of anilines is 1. The summed E-state index contributed by atoms with van der Waals surface area (Å²) in [6.07, 6.45) is 0.732. The normalized spacial score (nSPS) is 10.9. The molecular weight excluding hydrogens is 416 g/mol. The van der Waals surface area contributed by atoms with Crippen LogP contribution in [0.5, 0.6) is 0 Å². The van der Waals surface area contributed by atoms with Gasteiger partial charge in [0.05, 0.1) is 16.3 Å². The number of benzene rings is 1. The van der Waals surface area contributed by atoms with E-state index in [4.69, 9.17) is 4.42 Å². The highest BCUT2D eigenvalue weighted by molar-refractivity contribution is 7.22. The number of rotatable bonds is 7. The molecule has 0 radical (unpaired) electrons. The van der Waals surface area contributed by atoms with Crippen LogP contribution in [0.2, 0.25) is 0 Å². The fraction of sp³-hybridized carbons (Fsp3) is 0.368. The maximum Gasteiger partial charge on any atom is 0.433 e. The molecule has 3 rings (SSSR count). The molecule has 0 spiro atoms. The highest BCUT2D eigenvalue weighted by atomic mass is 35.5. The van der Waals surface area contributed by atoms with Crippen LogP contribution in [0.3, 0.4) is 0 Å². The van der Waals surface area contributed by atoms with E-state index in [1.54, 1.807) is 4.90 Å². The first-order valence-corrected chi connectivity index (χ1v) is 9.66. The second kappa shape index (κ2) is 9.34. The molecule has 2 heterocycles. The molecule has 2 aromatic heterocycles. The Morgan fingerprint density at radius 1 is 1.24 bits per heavy atom.